The summed E-state index contributed by atoms with van der Waals surface area (Å²) in [5.74, 6) is -0.0902. The van der Waals surface area contributed by atoms with Crippen molar-refractivity contribution >= 4 is 34.9 Å². The van der Waals surface area contributed by atoms with Gasteiger partial charge in [-0.2, -0.15) is 0 Å². The molecule has 2 aromatic heterocycles. The van der Waals surface area contributed by atoms with Crippen LogP contribution in [0.4, 0.5) is 0 Å². The molecule has 1 fully saturated rings. The number of esters is 1. The highest BCUT2D eigenvalue weighted by molar-refractivity contribution is 5.90. The number of ether oxygens (including phenoxy) is 1. The van der Waals surface area contributed by atoms with Crippen LogP contribution in [0.5, 0.6) is 0 Å². The molecule has 0 bridgehead atoms. The largest absolute Gasteiger partial charge is 0.461 e. The Balaban J connectivity index is 0.00000256. The predicted molar refractivity (Wildman–Crippen MR) is 121 cm³/mol. The maximum atomic E-state index is 13.0. The number of piperidine rings is 1. The number of hydrogen-bond acceptors (Lipinski definition) is 5. The number of nitrogens with zero attached hydrogens (tertiary/aromatic N) is 3. The summed E-state index contributed by atoms with van der Waals surface area (Å²) in [6.07, 6.45) is 5.24. The molecule has 0 unspecified atom stereocenters. The summed E-state index contributed by atoms with van der Waals surface area (Å²) in [5.41, 5.74) is 2.46. The molecular formula is C23H28ClN3O3. The van der Waals surface area contributed by atoms with Crippen LogP contribution in [0.3, 0.4) is 0 Å². The molecule has 160 valence electrons. The molecule has 0 aliphatic carbocycles. The molecule has 0 N–H and O–H groups in total. The summed E-state index contributed by atoms with van der Waals surface area (Å²) in [7, 11) is 0. The van der Waals surface area contributed by atoms with E-state index in [1.165, 1.54) is 29.9 Å². The quantitative estimate of drug-likeness (QED) is 0.452. The zero-order chi connectivity index (χ0) is 20.4. The average molecular weight is 430 g/mol. The minimum Gasteiger partial charge on any atom is -0.461 e. The third kappa shape index (κ3) is 4.65. The van der Waals surface area contributed by atoms with Gasteiger partial charge in [-0.15, -0.1) is 12.4 Å². The number of fused-ring (bicyclic) bond motifs is 2. The zero-order valence-electron chi connectivity index (χ0n) is 17.5. The molecule has 30 heavy (non-hydrogen) atoms. The van der Waals surface area contributed by atoms with E-state index in [0.717, 1.165) is 25.2 Å². The van der Waals surface area contributed by atoms with Crippen LogP contribution < -0.4 is 5.56 Å². The van der Waals surface area contributed by atoms with Crippen molar-refractivity contribution in [1.29, 1.82) is 0 Å². The Morgan fingerprint density at radius 3 is 2.63 bits per heavy atom. The van der Waals surface area contributed by atoms with Gasteiger partial charge in [-0.3, -0.25) is 14.1 Å². The molecule has 0 spiro atoms. The van der Waals surface area contributed by atoms with Crippen molar-refractivity contribution in [2.45, 2.75) is 39.0 Å². The average Bonchev–Trinajstić information content (AvgIpc) is 2.74. The van der Waals surface area contributed by atoms with E-state index in [0.29, 0.717) is 34.6 Å². The number of aromatic nitrogens is 2. The molecule has 4 rings (SSSR count). The van der Waals surface area contributed by atoms with Crippen molar-refractivity contribution < 1.29 is 9.53 Å². The Labute approximate surface area is 182 Å². The van der Waals surface area contributed by atoms with Gasteiger partial charge in [0, 0.05) is 12.7 Å². The summed E-state index contributed by atoms with van der Waals surface area (Å²) < 4.78 is 6.88. The van der Waals surface area contributed by atoms with Gasteiger partial charge < -0.3 is 4.74 Å². The number of likely N-dealkylation sites (tertiary alicyclic amines) is 1. The fraction of sp³-hybridized carbons (Fsp3) is 0.435. The highest BCUT2D eigenvalue weighted by Crippen LogP contribution is 2.19. The fourth-order valence-corrected chi connectivity index (χ4v) is 3.84. The summed E-state index contributed by atoms with van der Waals surface area (Å²) >= 11 is 0. The van der Waals surface area contributed by atoms with Gasteiger partial charge in [0.05, 0.1) is 16.5 Å². The maximum Gasteiger partial charge on any atom is 0.339 e. The summed E-state index contributed by atoms with van der Waals surface area (Å²) in [6.45, 7) is 7.43. The van der Waals surface area contributed by atoms with Crippen LogP contribution in [0.2, 0.25) is 0 Å². The van der Waals surface area contributed by atoms with E-state index in [4.69, 9.17) is 4.74 Å². The van der Waals surface area contributed by atoms with E-state index in [1.54, 1.807) is 12.1 Å². The highest BCUT2D eigenvalue weighted by atomic mass is 35.5. The van der Waals surface area contributed by atoms with E-state index < -0.39 is 5.97 Å². The fourth-order valence-electron chi connectivity index (χ4n) is 3.84. The second-order valence-electron chi connectivity index (χ2n) is 8.03. The third-order valence-corrected chi connectivity index (χ3v) is 5.62. The summed E-state index contributed by atoms with van der Waals surface area (Å²) in [4.78, 5) is 32.4. The first kappa shape index (κ1) is 22.2. The van der Waals surface area contributed by atoms with Crippen molar-refractivity contribution in [3.63, 3.8) is 0 Å². The Hall–Kier alpha value is -2.44. The van der Waals surface area contributed by atoms with Crippen molar-refractivity contribution in [3.05, 3.63) is 58.0 Å². The van der Waals surface area contributed by atoms with Gasteiger partial charge in [-0.1, -0.05) is 26.3 Å². The molecule has 1 aromatic carbocycles. The number of carbonyl (C=O) groups is 1. The van der Waals surface area contributed by atoms with Crippen molar-refractivity contribution in [2.75, 3.05) is 26.2 Å². The number of pyridine rings is 1. The molecule has 1 saturated heterocycles. The van der Waals surface area contributed by atoms with E-state index >= 15 is 0 Å². The zero-order valence-corrected chi connectivity index (χ0v) is 18.3. The Bertz CT molecular complexity index is 1100. The smallest absolute Gasteiger partial charge is 0.339 e. The number of rotatable bonds is 5. The lowest BCUT2D eigenvalue weighted by Crippen LogP contribution is -2.33. The molecule has 0 radical (unpaired) electrons. The normalized spacial score (nSPS) is 14.8. The first-order valence-electron chi connectivity index (χ1n) is 10.4. The molecule has 0 saturated carbocycles. The van der Waals surface area contributed by atoms with Gasteiger partial charge in [0.15, 0.2) is 0 Å². The van der Waals surface area contributed by atoms with Crippen LogP contribution in [0.15, 0.2) is 41.3 Å². The molecule has 3 heterocycles. The minimum absolute atomic E-state index is 0. The van der Waals surface area contributed by atoms with Crippen LogP contribution in [0.25, 0.3) is 16.6 Å². The van der Waals surface area contributed by atoms with E-state index in [9.17, 15) is 9.59 Å². The van der Waals surface area contributed by atoms with Gasteiger partial charge in [0.25, 0.3) is 5.56 Å². The number of benzene rings is 1. The lowest BCUT2D eigenvalue weighted by molar-refractivity contribution is 0.0451. The van der Waals surface area contributed by atoms with Crippen LogP contribution in [0.1, 0.15) is 54.9 Å². The van der Waals surface area contributed by atoms with Gasteiger partial charge in [0.2, 0.25) is 0 Å². The van der Waals surface area contributed by atoms with Crippen LogP contribution in [0, 0.1) is 0 Å². The second-order valence-corrected chi connectivity index (χ2v) is 8.03. The summed E-state index contributed by atoms with van der Waals surface area (Å²) in [5, 5.41) is 0.560. The molecule has 1 aliphatic rings. The van der Waals surface area contributed by atoms with Crippen LogP contribution in [-0.4, -0.2) is 46.5 Å². The van der Waals surface area contributed by atoms with Crippen molar-refractivity contribution in [2.24, 2.45) is 0 Å². The molecule has 3 aromatic rings. The van der Waals surface area contributed by atoms with Crippen LogP contribution >= 0.6 is 12.4 Å². The Morgan fingerprint density at radius 1 is 1.13 bits per heavy atom. The van der Waals surface area contributed by atoms with E-state index in [2.05, 4.69) is 23.7 Å². The van der Waals surface area contributed by atoms with Crippen molar-refractivity contribution in [1.82, 2.24) is 14.3 Å². The number of hydrogen-bond donors (Lipinski definition) is 0. The molecule has 7 heteroatoms. The first-order valence-corrected chi connectivity index (χ1v) is 10.4. The van der Waals surface area contributed by atoms with Gasteiger partial charge >= 0.3 is 5.97 Å². The topological polar surface area (TPSA) is 63.9 Å². The summed E-state index contributed by atoms with van der Waals surface area (Å²) in [6, 6.07) is 9.14. The van der Waals surface area contributed by atoms with Gasteiger partial charge in [-0.25, -0.2) is 9.78 Å². The number of halogens is 1. The highest BCUT2D eigenvalue weighted by Gasteiger charge is 2.14. The van der Waals surface area contributed by atoms with E-state index in [-0.39, 0.29) is 18.0 Å². The standard InChI is InChI=1S/C23H27N3O3.ClH/c1-16(2)17-6-8-20-19(14-17)22(27)26-15-18(7-9-21(26)24-20)23(28)29-13-12-25-10-4-3-5-11-25;/h6-9,14-16H,3-5,10-13H2,1-2H3;1H. The Morgan fingerprint density at radius 2 is 1.90 bits per heavy atom. The van der Waals surface area contributed by atoms with Gasteiger partial charge in [-0.05, 0) is 61.7 Å². The third-order valence-electron chi connectivity index (χ3n) is 5.62. The monoisotopic (exact) mass is 429 g/mol. The molecule has 0 atom stereocenters. The van der Waals surface area contributed by atoms with Crippen molar-refractivity contribution in [3.8, 4) is 0 Å². The van der Waals surface area contributed by atoms with E-state index in [1.807, 2.05) is 18.2 Å². The Kier molecular flexibility index (Phi) is 7.10. The molecule has 6 nitrogen and oxygen atoms in total. The first-order chi connectivity index (χ1) is 14.0. The minimum atomic E-state index is -0.410. The predicted octanol–water partition coefficient (Wildman–Crippen LogP) is 4.04. The maximum absolute atomic E-state index is 13.0. The van der Waals surface area contributed by atoms with Crippen LogP contribution in [-0.2, 0) is 4.74 Å². The second kappa shape index (κ2) is 9.58. The SMILES string of the molecule is CC(C)c1ccc2nc3ccc(C(=O)OCCN4CCCCC4)cn3c(=O)c2c1.Cl. The lowest BCUT2D eigenvalue weighted by Gasteiger charge is -2.25. The molecular weight excluding hydrogens is 402 g/mol. The van der Waals surface area contributed by atoms with Gasteiger partial charge in [0.1, 0.15) is 12.3 Å². The lowest BCUT2D eigenvalue weighted by atomic mass is 10.0. The molecule has 1 aliphatic heterocycles. The molecule has 0 amide bonds. The number of carbonyl (C=O) groups excluding carboxylic acids is 1.